The summed E-state index contributed by atoms with van der Waals surface area (Å²) in [5.41, 5.74) is -0.216. The molecule has 1 aromatic rings. The third kappa shape index (κ3) is 4.51. The molecular weight excluding hydrogens is 267 g/mol. The lowest BCUT2D eigenvalue weighted by Gasteiger charge is -2.29. The predicted octanol–water partition coefficient (Wildman–Crippen LogP) is 2.51. The number of nitrogens with zero attached hydrogens (tertiary/aromatic N) is 2. The van der Waals surface area contributed by atoms with E-state index in [0.717, 1.165) is 5.56 Å². The summed E-state index contributed by atoms with van der Waals surface area (Å²) in [6.07, 6.45) is -3.95. The second kappa shape index (κ2) is 6.73. The number of rotatable bonds is 6. The summed E-state index contributed by atoms with van der Waals surface area (Å²) < 4.78 is 36.9. The van der Waals surface area contributed by atoms with Crippen molar-refractivity contribution in [3.05, 3.63) is 35.9 Å². The van der Waals surface area contributed by atoms with Crippen LogP contribution in [0.15, 0.2) is 30.3 Å². The molecule has 6 heteroatoms. The quantitative estimate of drug-likeness (QED) is 0.873. The van der Waals surface area contributed by atoms with E-state index in [1.54, 1.807) is 31.3 Å². The van der Waals surface area contributed by atoms with E-state index >= 15 is 0 Å². The van der Waals surface area contributed by atoms with Gasteiger partial charge >= 0.3 is 6.18 Å². The van der Waals surface area contributed by atoms with Gasteiger partial charge in [-0.05, 0) is 26.1 Å². The van der Waals surface area contributed by atoms with Crippen LogP contribution in [-0.4, -0.2) is 38.3 Å². The Morgan fingerprint density at radius 2 is 1.85 bits per heavy atom. The summed E-state index contributed by atoms with van der Waals surface area (Å²) >= 11 is 0. The molecule has 20 heavy (non-hydrogen) atoms. The summed E-state index contributed by atoms with van der Waals surface area (Å²) in [6.45, 7) is -0.810. The van der Waals surface area contributed by atoms with Crippen molar-refractivity contribution in [1.82, 2.24) is 10.2 Å². The number of hydrogen-bond acceptors (Lipinski definition) is 3. The molecule has 0 spiro atoms. The zero-order valence-electron chi connectivity index (χ0n) is 11.5. The Bertz CT molecular complexity index is 453. The van der Waals surface area contributed by atoms with Crippen molar-refractivity contribution in [1.29, 1.82) is 5.26 Å². The summed E-state index contributed by atoms with van der Waals surface area (Å²) in [5, 5.41) is 12.4. The Balaban J connectivity index is 2.77. The molecule has 0 bridgehead atoms. The largest absolute Gasteiger partial charge is 0.401 e. The summed E-state index contributed by atoms with van der Waals surface area (Å²) in [7, 11) is 3.04. The monoisotopic (exact) mass is 285 g/mol. The molecule has 110 valence electrons. The van der Waals surface area contributed by atoms with Crippen LogP contribution in [0.25, 0.3) is 0 Å². The van der Waals surface area contributed by atoms with Crippen molar-refractivity contribution in [2.24, 2.45) is 0 Å². The van der Waals surface area contributed by atoms with E-state index in [1.807, 2.05) is 6.07 Å². The highest BCUT2D eigenvalue weighted by molar-refractivity contribution is 5.31. The van der Waals surface area contributed by atoms with Crippen molar-refractivity contribution in [2.45, 2.75) is 18.1 Å². The number of alkyl halides is 3. The number of hydrogen-bond donors (Lipinski definition) is 1. The lowest BCUT2D eigenvalue weighted by molar-refractivity contribution is -0.143. The summed E-state index contributed by atoms with van der Waals surface area (Å²) in [4.78, 5) is 1.17. The molecule has 0 aliphatic rings. The minimum atomic E-state index is -4.23. The van der Waals surface area contributed by atoms with Gasteiger partial charge in [-0.2, -0.15) is 18.4 Å². The SMILES string of the molecule is CNC(C#N)(CCN(C)CC(F)(F)F)c1ccccc1. The van der Waals surface area contributed by atoms with E-state index < -0.39 is 18.3 Å². The second-order valence-corrected chi connectivity index (χ2v) is 4.74. The van der Waals surface area contributed by atoms with Crippen molar-refractivity contribution in [3.63, 3.8) is 0 Å². The Hall–Kier alpha value is -1.58. The summed E-state index contributed by atoms with van der Waals surface area (Å²) in [6, 6.07) is 11.2. The Morgan fingerprint density at radius 3 is 2.30 bits per heavy atom. The normalized spacial score (nSPS) is 14.8. The first-order valence-electron chi connectivity index (χ1n) is 6.24. The van der Waals surface area contributed by atoms with Gasteiger partial charge in [0.1, 0.15) is 5.54 Å². The molecule has 0 fully saturated rings. The van der Waals surface area contributed by atoms with Crippen LogP contribution in [-0.2, 0) is 5.54 Å². The van der Waals surface area contributed by atoms with Gasteiger partial charge in [-0.15, -0.1) is 0 Å². The van der Waals surface area contributed by atoms with Gasteiger partial charge in [-0.3, -0.25) is 10.2 Å². The van der Waals surface area contributed by atoms with Gasteiger partial charge in [-0.25, -0.2) is 0 Å². The highest BCUT2D eigenvalue weighted by atomic mass is 19.4. The van der Waals surface area contributed by atoms with Crippen LogP contribution < -0.4 is 5.32 Å². The van der Waals surface area contributed by atoms with Gasteiger partial charge < -0.3 is 0 Å². The maximum Gasteiger partial charge on any atom is 0.401 e. The van der Waals surface area contributed by atoms with Gasteiger partial charge in [0.2, 0.25) is 0 Å². The van der Waals surface area contributed by atoms with Crippen LogP contribution in [0.3, 0.4) is 0 Å². The zero-order chi connectivity index (χ0) is 15.2. The molecule has 0 aliphatic heterocycles. The zero-order valence-corrected chi connectivity index (χ0v) is 11.5. The van der Waals surface area contributed by atoms with Gasteiger partial charge in [0, 0.05) is 6.54 Å². The topological polar surface area (TPSA) is 39.1 Å². The van der Waals surface area contributed by atoms with Gasteiger partial charge in [0.25, 0.3) is 0 Å². The molecule has 1 aromatic carbocycles. The fraction of sp³-hybridized carbons (Fsp3) is 0.500. The first-order valence-corrected chi connectivity index (χ1v) is 6.24. The molecule has 1 N–H and O–H groups in total. The Labute approximate surface area is 117 Å². The van der Waals surface area contributed by atoms with Crippen molar-refractivity contribution >= 4 is 0 Å². The first kappa shape index (κ1) is 16.5. The first-order chi connectivity index (χ1) is 9.33. The molecule has 0 amide bonds. The van der Waals surface area contributed by atoms with Crippen LogP contribution in [0, 0.1) is 11.3 Å². The second-order valence-electron chi connectivity index (χ2n) is 4.74. The molecule has 3 nitrogen and oxygen atoms in total. The minimum absolute atomic E-state index is 0.169. The summed E-state index contributed by atoms with van der Waals surface area (Å²) in [5.74, 6) is 0. The van der Waals surface area contributed by atoms with Crippen molar-refractivity contribution in [2.75, 3.05) is 27.2 Å². The molecule has 0 radical (unpaired) electrons. The highest BCUT2D eigenvalue weighted by Gasteiger charge is 2.33. The van der Waals surface area contributed by atoms with Crippen molar-refractivity contribution < 1.29 is 13.2 Å². The molecule has 0 aliphatic carbocycles. The smallest absolute Gasteiger partial charge is 0.299 e. The average Bonchev–Trinajstić information content (AvgIpc) is 2.40. The Kier molecular flexibility index (Phi) is 5.54. The van der Waals surface area contributed by atoms with Crippen LogP contribution in [0.2, 0.25) is 0 Å². The minimum Gasteiger partial charge on any atom is -0.299 e. The fourth-order valence-electron chi connectivity index (χ4n) is 2.06. The van der Waals surface area contributed by atoms with Crippen LogP contribution >= 0.6 is 0 Å². The molecule has 0 saturated heterocycles. The average molecular weight is 285 g/mol. The fourth-order valence-corrected chi connectivity index (χ4v) is 2.06. The van der Waals surface area contributed by atoms with Crippen LogP contribution in [0.4, 0.5) is 13.2 Å². The van der Waals surface area contributed by atoms with E-state index in [0.29, 0.717) is 0 Å². The maximum atomic E-state index is 12.3. The molecule has 0 saturated carbocycles. The lowest BCUT2D eigenvalue weighted by atomic mass is 9.88. The predicted molar refractivity (Wildman–Crippen MR) is 71.0 cm³/mol. The number of nitriles is 1. The maximum absolute atomic E-state index is 12.3. The molecular formula is C14H18F3N3. The third-order valence-electron chi connectivity index (χ3n) is 3.20. The molecule has 0 heterocycles. The molecule has 1 rings (SSSR count). The standard InChI is InChI=1S/C14H18F3N3/c1-19-13(10-18,12-6-4-3-5-7-12)8-9-20(2)11-14(15,16)17/h3-7,19H,8-9,11H2,1-2H3. The lowest BCUT2D eigenvalue weighted by Crippen LogP contribution is -2.42. The Morgan fingerprint density at radius 1 is 1.25 bits per heavy atom. The number of nitrogens with one attached hydrogen (secondary N) is 1. The van der Waals surface area contributed by atoms with E-state index in [4.69, 9.17) is 0 Å². The van der Waals surface area contributed by atoms with E-state index in [9.17, 15) is 18.4 Å². The molecule has 1 unspecified atom stereocenters. The third-order valence-corrected chi connectivity index (χ3v) is 3.20. The van der Waals surface area contributed by atoms with Gasteiger partial charge in [0.05, 0.1) is 12.6 Å². The number of halogens is 3. The van der Waals surface area contributed by atoms with Crippen LogP contribution in [0.5, 0.6) is 0 Å². The van der Waals surface area contributed by atoms with E-state index in [1.165, 1.54) is 11.9 Å². The highest BCUT2D eigenvalue weighted by Crippen LogP contribution is 2.25. The molecule has 0 aromatic heterocycles. The number of benzene rings is 1. The van der Waals surface area contributed by atoms with Crippen LogP contribution in [0.1, 0.15) is 12.0 Å². The van der Waals surface area contributed by atoms with E-state index in [-0.39, 0.29) is 13.0 Å². The van der Waals surface area contributed by atoms with Gasteiger partial charge in [-0.1, -0.05) is 30.3 Å². The van der Waals surface area contributed by atoms with E-state index in [2.05, 4.69) is 11.4 Å². The molecule has 1 atom stereocenters. The van der Waals surface area contributed by atoms with Crippen molar-refractivity contribution in [3.8, 4) is 6.07 Å². The van der Waals surface area contributed by atoms with Gasteiger partial charge in [0.15, 0.2) is 0 Å².